The van der Waals surface area contributed by atoms with Crippen LogP contribution in [-0.2, 0) is 20.3 Å². The fourth-order valence-corrected chi connectivity index (χ4v) is 4.40. The number of ether oxygens (including phenoxy) is 1. The lowest BCUT2D eigenvalue weighted by molar-refractivity contribution is -0.143. The van der Waals surface area contributed by atoms with Crippen molar-refractivity contribution in [2.24, 2.45) is 0 Å². The number of halogens is 2. The molecule has 0 saturated heterocycles. The first-order valence-corrected chi connectivity index (χ1v) is 8.22. The Hall–Kier alpha value is -0.870. The summed E-state index contributed by atoms with van der Waals surface area (Å²) in [6, 6.07) is 12.4. The Morgan fingerprint density at radius 1 is 1.30 bits per heavy atom. The molecule has 2 aromatic rings. The third-order valence-corrected chi connectivity index (χ3v) is 7.06. The molecular formula is C16H14Br2O2. The number of aryl methyl sites for hydroxylation is 1. The molecule has 0 spiro atoms. The number of alkyl halides is 2. The molecule has 0 bridgehead atoms. The summed E-state index contributed by atoms with van der Waals surface area (Å²) in [5.74, 6) is -0.254. The molecule has 0 N–H and O–H groups in total. The Balaban J connectivity index is 2.29. The minimum Gasteiger partial charge on any atom is -0.468 e. The molecule has 2 atom stereocenters. The second-order valence-electron chi connectivity index (χ2n) is 5.02. The molecule has 0 aromatic heterocycles. The van der Waals surface area contributed by atoms with E-state index in [4.69, 9.17) is 4.74 Å². The summed E-state index contributed by atoms with van der Waals surface area (Å²) in [6.45, 7) is 0. The van der Waals surface area contributed by atoms with E-state index in [1.807, 2.05) is 18.2 Å². The summed E-state index contributed by atoms with van der Waals surface area (Å²) in [4.78, 5) is 12.3. The van der Waals surface area contributed by atoms with E-state index >= 15 is 0 Å². The van der Waals surface area contributed by atoms with E-state index in [0.717, 1.165) is 18.4 Å². The summed E-state index contributed by atoms with van der Waals surface area (Å²) in [5.41, 5.74) is 2.25. The molecule has 0 saturated carbocycles. The van der Waals surface area contributed by atoms with Crippen LogP contribution in [0.2, 0.25) is 0 Å². The van der Waals surface area contributed by atoms with Gasteiger partial charge in [-0.15, -0.1) is 0 Å². The van der Waals surface area contributed by atoms with Crippen LogP contribution >= 0.6 is 31.9 Å². The van der Waals surface area contributed by atoms with Gasteiger partial charge in [0, 0.05) is 4.83 Å². The van der Waals surface area contributed by atoms with Gasteiger partial charge >= 0.3 is 5.97 Å². The van der Waals surface area contributed by atoms with Crippen LogP contribution < -0.4 is 0 Å². The highest BCUT2D eigenvalue weighted by atomic mass is 79.9. The molecule has 0 fully saturated rings. The molecule has 0 heterocycles. The summed E-state index contributed by atoms with van der Waals surface area (Å²) in [6.07, 6.45) is 1.85. The van der Waals surface area contributed by atoms with Crippen LogP contribution in [0.3, 0.4) is 0 Å². The minimum absolute atomic E-state index is 0.0242. The van der Waals surface area contributed by atoms with Crippen LogP contribution in [-0.4, -0.2) is 17.9 Å². The zero-order valence-corrected chi connectivity index (χ0v) is 14.2. The molecule has 3 rings (SSSR count). The van der Waals surface area contributed by atoms with Crippen molar-refractivity contribution in [3.05, 3.63) is 47.5 Å². The van der Waals surface area contributed by atoms with Crippen molar-refractivity contribution in [1.82, 2.24) is 0 Å². The number of benzene rings is 2. The number of carbonyl (C=O) groups excluding carboxylic acids is 1. The average Bonchev–Trinajstić information content (AvgIpc) is 2.49. The summed E-state index contributed by atoms with van der Waals surface area (Å²) in [5, 5.41) is 2.43. The van der Waals surface area contributed by atoms with Crippen LogP contribution in [0.4, 0.5) is 0 Å². The van der Waals surface area contributed by atoms with Crippen LogP contribution in [0, 0.1) is 0 Å². The van der Waals surface area contributed by atoms with E-state index in [1.165, 1.54) is 23.4 Å². The van der Waals surface area contributed by atoms with Crippen LogP contribution in [0.15, 0.2) is 36.4 Å². The topological polar surface area (TPSA) is 26.3 Å². The van der Waals surface area contributed by atoms with Gasteiger partial charge in [-0.25, -0.2) is 0 Å². The van der Waals surface area contributed by atoms with E-state index in [-0.39, 0.29) is 10.8 Å². The smallest absolute Gasteiger partial charge is 0.328 e. The van der Waals surface area contributed by atoms with Gasteiger partial charge in [-0.1, -0.05) is 68.3 Å². The quantitative estimate of drug-likeness (QED) is 0.529. The standard InChI is InChI=1S/C16H14Br2O2/c1-20-15(19)16(18)13-8-6-10-4-2-3-5-11(10)12(13)7-9-14(16)17/h2-6,8,14H,7,9H2,1H3/t14-,16+/m0/s1. The van der Waals surface area contributed by atoms with Crippen molar-refractivity contribution >= 4 is 48.6 Å². The van der Waals surface area contributed by atoms with Gasteiger partial charge in [0.15, 0.2) is 4.32 Å². The Labute approximate surface area is 134 Å². The Kier molecular flexibility index (Phi) is 3.63. The van der Waals surface area contributed by atoms with Gasteiger partial charge in [0.05, 0.1) is 7.11 Å². The number of rotatable bonds is 1. The zero-order valence-electron chi connectivity index (χ0n) is 11.0. The Bertz CT molecular complexity index is 683. The van der Waals surface area contributed by atoms with Gasteiger partial charge in [-0.3, -0.25) is 4.79 Å². The molecular weight excluding hydrogens is 384 g/mol. The number of methoxy groups -OCH3 is 1. The molecule has 0 amide bonds. The summed E-state index contributed by atoms with van der Waals surface area (Å²) >= 11 is 7.29. The van der Waals surface area contributed by atoms with Crippen LogP contribution in [0.5, 0.6) is 0 Å². The lowest BCUT2D eigenvalue weighted by atomic mass is 9.80. The largest absolute Gasteiger partial charge is 0.468 e. The van der Waals surface area contributed by atoms with Gasteiger partial charge < -0.3 is 4.74 Å². The molecule has 104 valence electrons. The Morgan fingerprint density at radius 2 is 2.05 bits per heavy atom. The second-order valence-corrected chi connectivity index (χ2v) is 7.38. The van der Waals surface area contributed by atoms with Gasteiger partial charge in [0.1, 0.15) is 0 Å². The maximum atomic E-state index is 12.3. The molecule has 2 aromatic carbocycles. The van der Waals surface area contributed by atoms with Crippen LogP contribution in [0.1, 0.15) is 17.5 Å². The normalized spacial score (nSPS) is 25.2. The van der Waals surface area contributed by atoms with Crippen molar-refractivity contribution in [3.8, 4) is 0 Å². The van der Waals surface area contributed by atoms with Gasteiger partial charge in [-0.05, 0) is 34.7 Å². The number of fused-ring (bicyclic) bond motifs is 3. The van der Waals surface area contributed by atoms with E-state index in [9.17, 15) is 4.79 Å². The molecule has 4 heteroatoms. The third-order valence-electron chi connectivity index (χ3n) is 3.99. The number of hydrogen-bond donors (Lipinski definition) is 0. The minimum atomic E-state index is -0.806. The summed E-state index contributed by atoms with van der Waals surface area (Å²) < 4.78 is 4.21. The first-order chi connectivity index (χ1) is 9.59. The highest BCUT2D eigenvalue weighted by molar-refractivity contribution is 9.12. The van der Waals surface area contributed by atoms with E-state index < -0.39 is 4.32 Å². The van der Waals surface area contributed by atoms with Crippen molar-refractivity contribution in [3.63, 3.8) is 0 Å². The van der Waals surface area contributed by atoms with Gasteiger partial charge in [-0.2, -0.15) is 0 Å². The van der Waals surface area contributed by atoms with Gasteiger partial charge in [0.2, 0.25) is 0 Å². The first-order valence-electron chi connectivity index (χ1n) is 6.51. The van der Waals surface area contributed by atoms with Gasteiger partial charge in [0.25, 0.3) is 0 Å². The van der Waals surface area contributed by atoms with Crippen LogP contribution in [0.25, 0.3) is 10.8 Å². The Morgan fingerprint density at radius 3 is 2.80 bits per heavy atom. The molecule has 0 unspecified atom stereocenters. The maximum Gasteiger partial charge on any atom is 0.328 e. The zero-order chi connectivity index (χ0) is 14.3. The predicted molar refractivity (Wildman–Crippen MR) is 87.6 cm³/mol. The molecule has 1 aliphatic rings. The molecule has 0 aliphatic heterocycles. The highest BCUT2D eigenvalue weighted by Gasteiger charge is 2.48. The maximum absolute atomic E-state index is 12.3. The number of esters is 1. The molecule has 1 aliphatic carbocycles. The lowest BCUT2D eigenvalue weighted by Gasteiger charge is -2.36. The van der Waals surface area contributed by atoms with Crippen molar-refractivity contribution in [1.29, 1.82) is 0 Å². The number of carbonyl (C=O) groups is 1. The second kappa shape index (κ2) is 5.15. The molecule has 0 radical (unpaired) electrons. The number of hydrogen-bond acceptors (Lipinski definition) is 2. The monoisotopic (exact) mass is 396 g/mol. The van der Waals surface area contributed by atoms with Crippen molar-refractivity contribution in [2.45, 2.75) is 22.0 Å². The van der Waals surface area contributed by atoms with Crippen molar-refractivity contribution in [2.75, 3.05) is 7.11 Å². The molecule has 20 heavy (non-hydrogen) atoms. The van der Waals surface area contributed by atoms with E-state index in [2.05, 4.69) is 50.1 Å². The van der Waals surface area contributed by atoms with E-state index in [0.29, 0.717) is 0 Å². The van der Waals surface area contributed by atoms with Crippen molar-refractivity contribution < 1.29 is 9.53 Å². The van der Waals surface area contributed by atoms with E-state index in [1.54, 1.807) is 0 Å². The first kappa shape index (κ1) is 14.1. The average molecular weight is 398 g/mol. The lowest BCUT2D eigenvalue weighted by Crippen LogP contribution is -2.42. The fourth-order valence-electron chi connectivity index (χ4n) is 2.97. The highest BCUT2D eigenvalue weighted by Crippen LogP contribution is 2.48. The third kappa shape index (κ3) is 1.92. The predicted octanol–water partition coefficient (Wildman–Crippen LogP) is 4.31. The molecule has 2 nitrogen and oxygen atoms in total. The SMILES string of the molecule is COC(=O)[C@@]1(Br)c2ccc3ccccc3c2CC[C@@H]1Br. The summed E-state index contributed by atoms with van der Waals surface area (Å²) in [7, 11) is 1.43. The fraction of sp³-hybridized carbons (Fsp3) is 0.312.